The van der Waals surface area contributed by atoms with Crippen molar-refractivity contribution in [3.05, 3.63) is 52.3 Å². The molecule has 0 atom stereocenters. The highest BCUT2D eigenvalue weighted by Crippen LogP contribution is 2.11. The van der Waals surface area contributed by atoms with Gasteiger partial charge in [-0.25, -0.2) is 0 Å². The van der Waals surface area contributed by atoms with Crippen LogP contribution in [0.2, 0.25) is 0 Å². The van der Waals surface area contributed by atoms with Gasteiger partial charge in [0.1, 0.15) is 0 Å². The van der Waals surface area contributed by atoms with Crippen LogP contribution in [0.15, 0.2) is 24.3 Å². The Morgan fingerprint density at radius 2 is 2.07 bits per heavy atom. The second kappa shape index (κ2) is 2.98. The Kier molecular flexibility index (Phi) is 1.66. The Morgan fingerprint density at radius 1 is 1.07 bits per heavy atom. The SMILES string of the molecule is [C]1=c2ccc3c(c2C=C[CH]1)C=CCC=3. The second-order valence-electron chi connectivity index (χ2n) is 3.54. The highest BCUT2D eigenvalue weighted by molar-refractivity contribution is 5.73. The third-order valence-electron chi connectivity index (χ3n) is 2.68. The van der Waals surface area contributed by atoms with Crippen LogP contribution in [0.1, 0.15) is 17.5 Å². The zero-order valence-electron chi connectivity index (χ0n) is 7.83. The predicted octanol–water partition coefficient (Wildman–Crippen LogP) is 1.77. The first kappa shape index (κ1) is 7.81. The summed E-state index contributed by atoms with van der Waals surface area (Å²) in [5.41, 5.74) is 2.64. The largest absolute Gasteiger partial charge is 0.0801 e. The summed E-state index contributed by atoms with van der Waals surface area (Å²) < 4.78 is 0. The molecule has 0 aromatic heterocycles. The third kappa shape index (κ3) is 1.07. The van der Waals surface area contributed by atoms with E-state index in [0.717, 1.165) is 6.42 Å². The van der Waals surface area contributed by atoms with Crippen molar-refractivity contribution < 1.29 is 0 Å². The molecule has 0 saturated heterocycles. The van der Waals surface area contributed by atoms with Gasteiger partial charge >= 0.3 is 0 Å². The summed E-state index contributed by atoms with van der Waals surface area (Å²) in [7, 11) is 0. The van der Waals surface area contributed by atoms with Crippen LogP contribution in [0.3, 0.4) is 0 Å². The first-order valence-corrected chi connectivity index (χ1v) is 4.88. The highest BCUT2D eigenvalue weighted by Gasteiger charge is 2.04. The lowest BCUT2D eigenvalue weighted by Gasteiger charge is -2.09. The normalized spacial score (nSPS) is 16.6. The molecule has 0 heterocycles. The van der Waals surface area contributed by atoms with Gasteiger partial charge in [-0.05, 0) is 34.1 Å². The molecule has 3 rings (SSSR count). The highest BCUT2D eigenvalue weighted by atomic mass is 14.1. The Labute approximate surface area is 83.6 Å². The van der Waals surface area contributed by atoms with E-state index in [1.165, 1.54) is 21.6 Å². The molecule has 2 aliphatic rings. The molecule has 2 radical (unpaired) electrons. The smallest absolute Gasteiger partial charge is 0.0135 e. The van der Waals surface area contributed by atoms with Crippen molar-refractivity contribution in [1.29, 1.82) is 0 Å². The Bertz CT molecular complexity index is 491. The molecular formula is C14H10. The lowest BCUT2D eigenvalue weighted by Crippen LogP contribution is -2.19. The number of hydrogen-bond donors (Lipinski definition) is 0. The molecule has 0 unspecified atom stereocenters. The fourth-order valence-electron chi connectivity index (χ4n) is 1.99. The number of fused-ring (bicyclic) bond motifs is 3. The lowest BCUT2D eigenvalue weighted by molar-refractivity contribution is 1.38. The zero-order chi connectivity index (χ0) is 9.38. The van der Waals surface area contributed by atoms with Gasteiger partial charge in [-0.1, -0.05) is 42.5 Å². The molecule has 0 N–H and O–H groups in total. The Morgan fingerprint density at radius 3 is 3.07 bits per heavy atom. The summed E-state index contributed by atoms with van der Waals surface area (Å²) in [6.45, 7) is 0. The van der Waals surface area contributed by atoms with Crippen LogP contribution in [-0.4, -0.2) is 0 Å². The summed E-state index contributed by atoms with van der Waals surface area (Å²) in [5.74, 6) is 0. The van der Waals surface area contributed by atoms with E-state index in [0.29, 0.717) is 0 Å². The first-order valence-electron chi connectivity index (χ1n) is 4.88. The van der Waals surface area contributed by atoms with Crippen molar-refractivity contribution in [1.82, 2.24) is 0 Å². The van der Waals surface area contributed by atoms with Crippen LogP contribution >= 0.6 is 0 Å². The molecule has 0 fully saturated rings. The maximum Gasteiger partial charge on any atom is 0.0135 e. The average Bonchev–Trinajstić information content (AvgIpc) is 2.29. The minimum Gasteiger partial charge on any atom is -0.0801 e. The summed E-state index contributed by atoms with van der Waals surface area (Å²) in [4.78, 5) is 0. The summed E-state index contributed by atoms with van der Waals surface area (Å²) in [5, 5.41) is 2.55. The van der Waals surface area contributed by atoms with Crippen molar-refractivity contribution in [2.75, 3.05) is 0 Å². The van der Waals surface area contributed by atoms with Gasteiger partial charge < -0.3 is 0 Å². The van der Waals surface area contributed by atoms with E-state index in [4.69, 9.17) is 0 Å². The maximum atomic E-state index is 3.25. The fraction of sp³-hybridized carbons (Fsp3) is 0.0714. The molecule has 0 saturated carbocycles. The van der Waals surface area contributed by atoms with Crippen LogP contribution < -0.4 is 10.4 Å². The number of allylic oxidation sites excluding steroid dienone is 2. The quantitative estimate of drug-likeness (QED) is 0.568. The van der Waals surface area contributed by atoms with E-state index < -0.39 is 0 Å². The van der Waals surface area contributed by atoms with Gasteiger partial charge in [-0.15, -0.1) is 0 Å². The molecular weight excluding hydrogens is 168 g/mol. The molecule has 0 amide bonds. The monoisotopic (exact) mass is 178 g/mol. The number of benzene rings is 1. The van der Waals surface area contributed by atoms with E-state index in [1.807, 2.05) is 12.5 Å². The van der Waals surface area contributed by atoms with E-state index >= 15 is 0 Å². The molecule has 1 aromatic carbocycles. The topological polar surface area (TPSA) is 0 Å². The van der Waals surface area contributed by atoms with Crippen molar-refractivity contribution in [2.45, 2.75) is 6.42 Å². The molecule has 2 aliphatic carbocycles. The second-order valence-corrected chi connectivity index (χ2v) is 3.54. The number of rotatable bonds is 0. The minimum absolute atomic E-state index is 1.05. The van der Waals surface area contributed by atoms with Gasteiger partial charge in [0.25, 0.3) is 0 Å². The van der Waals surface area contributed by atoms with Gasteiger partial charge in [0.2, 0.25) is 0 Å². The van der Waals surface area contributed by atoms with Crippen LogP contribution in [0.5, 0.6) is 0 Å². The predicted molar refractivity (Wildman–Crippen MR) is 60.6 cm³/mol. The third-order valence-corrected chi connectivity index (χ3v) is 2.68. The molecule has 0 bridgehead atoms. The van der Waals surface area contributed by atoms with Crippen LogP contribution in [0, 0.1) is 6.42 Å². The van der Waals surface area contributed by atoms with E-state index in [-0.39, 0.29) is 0 Å². The van der Waals surface area contributed by atoms with Gasteiger partial charge in [0.15, 0.2) is 0 Å². The molecule has 0 nitrogen and oxygen atoms in total. The van der Waals surface area contributed by atoms with Crippen LogP contribution in [0.25, 0.3) is 24.3 Å². The average molecular weight is 178 g/mol. The van der Waals surface area contributed by atoms with Crippen molar-refractivity contribution in [3.63, 3.8) is 0 Å². The fourth-order valence-corrected chi connectivity index (χ4v) is 1.99. The Balaban J connectivity index is 2.45. The Hall–Kier alpha value is -1.56. The van der Waals surface area contributed by atoms with Crippen molar-refractivity contribution in [2.24, 2.45) is 0 Å². The van der Waals surface area contributed by atoms with E-state index in [2.05, 4.69) is 42.5 Å². The standard InChI is InChI=1S/C14H10/c1-3-7-13-11(5-1)9-10-12-6-2-4-8-14(12)13/h1,3-4,6-10H,2H2. The molecule has 1 aromatic rings. The summed E-state index contributed by atoms with van der Waals surface area (Å²) in [6.07, 6.45) is 17.2. The van der Waals surface area contributed by atoms with Crippen LogP contribution in [-0.2, 0) is 0 Å². The van der Waals surface area contributed by atoms with E-state index in [9.17, 15) is 0 Å². The summed E-state index contributed by atoms with van der Waals surface area (Å²) in [6, 6.07) is 4.32. The molecule has 14 heavy (non-hydrogen) atoms. The van der Waals surface area contributed by atoms with Crippen molar-refractivity contribution in [3.8, 4) is 0 Å². The summed E-state index contributed by atoms with van der Waals surface area (Å²) >= 11 is 0. The maximum absolute atomic E-state index is 3.25. The molecule has 0 heteroatoms. The van der Waals surface area contributed by atoms with Gasteiger partial charge in [-0.2, -0.15) is 0 Å². The molecule has 66 valence electrons. The number of hydrogen-bond acceptors (Lipinski definition) is 0. The molecule has 0 spiro atoms. The van der Waals surface area contributed by atoms with Gasteiger partial charge in [0.05, 0.1) is 0 Å². The van der Waals surface area contributed by atoms with Gasteiger partial charge in [0, 0.05) is 6.42 Å². The van der Waals surface area contributed by atoms with E-state index in [1.54, 1.807) is 0 Å². The minimum atomic E-state index is 1.05. The lowest BCUT2D eigenvalue weighted by atomic mass is 9.95. The van der Waals surface area contributed by atoms with Gasteiger partial charge in [-0.3, -0.25) is 0 Å². The molecule has 0 aliphatic heterocycles. The first-order chi connectivity index (χ1) is 6.95. The van der Waals surface area contributed by atoms with Crippen LogP contribution in [0.4, 0.5) is 0 Å². The zero-order valence-corrected chi connectivity index (χ0v) is 7.83. The van der Waals surface area contributed by atoms with Crippen molar-refractivity contribution >= 4 is 24.3 Å².